The van der Waals surface area contributed by atoms with E-state index in [2.05, 4.69) is 43.7 Å². The largest absolute Gasteiger partial charge is 0.378 e. The van der Waals surface area contributed by atoms with Gasteiger partial charge in [0.2, 0.25) is 0 Å². The average molecular weight is 358 g/mol. The van der Waals surface area contributed by atoms with Crippen LogP contribution >= 0.6 is 31.9 Å². The van der Waals surface area contributed by atoms with Crippen molar-refractivity contribution in [3.05, 3.63) is 42.0 Å². The molecule has 0 bridgehead atoms. The lowest BCUT2D eigenvalue weighted by Gasteiger charge is -2.20. The molecule has 0 spiro atoms. The molecule has 1 aromatic carbocycles. The Labute approximate surface area is 119 Å². The molecule has 1 rings (SSSR count). The Balaban J connectivity index is 2.60. The molecule has 0 aromatic heterocycles. The maximum atomic E-state index is 9.77. The van der Waals surface area contributed by atoms with Crippen molar-refractivity contribution < 1.29 is 5.11 Å². The summed E-state index contributed by atoms with van der Waals surface area (Å²) in [5, 5.41) is 9.77. The highest BCUT2D eigenvalue weighted by molar-refractivity contribution is 9.25. The maximum absolute atomic E-state index is 9.77. The van der Waals surface area contributed by atoms with Crippen molar-refractivity contribution in [3.63, 3.8) is 0 Å². The molecule has 1 nitrogen and oxygen atoms in total. The number of aliphatic hydroxyl groups excluding tert-OH is 1. The zero-order valence-electron chi connectivity index (χ0n) is 9.53. The molecular formula is C14H14Br2O. The highest BCUT2D eigenvalue weighted by atomic mass is 79.9. The fourth-order valence-corrected chi connectivity index (χ4v) is 1.36. The van der Waals surface area contributed by atoms with Crippen LogP contribution in [0.1, 0.15) is 18.9 Å². The molecule has 0 amide bonds. The number of hydrogen-bond donors (Lipinski definition) is 1. The lowest BCUT2D eigenvalue weighted by atomic mass is 10.2. The van der Waals surface area contributed by atoms with Crippen molar-refractivity contribution in [1.29, 1.82) is 0 Å². The summed E-state index contributed by atoms with van der Waals surface area (Å²) in [4.78, 5) is 0. The van der Waals surface area contributed by atoms with Gasteiger partial charge in [0, 0.05) is 0 Å². The molecule has 0 aliphatic heterocycles. The molecule has 90 valence electrons. The topological polar surface area (TPSA) is 20.2 Å². The summed E-state index contributed by atoms with van der Waals surface area (Å²) in [7, 11) is 0. The minimum atomic E-state index is -0.743. The third kappa shape index (κ3) is 5.08. The Morgan fingerprint density at radius 1 is 1.35 bits per heavy atom. The summed E-state index contributed by atoms with van der Waals surface area (Å²) in [6.07, 6.45) is 3.65. The molecular weight excluding hydrogens is 344 g/mol. The molecule has 0 saturated carbocycles. The SMILES string of the molecule is CCC(Br)(Br)[C@H](O)C#CC=Cc1ccccc1. The monoisotopic (exact) mass is 356 g/mol. The molecule has 0 aliphatic rings. The van der Waals surface area contributed by atoms with Gasteiger partial charge in [-0.25, -0.2) is 0 Å². The summed E-state index contributed by atoms with van der Waals surface area (Å²) >= 11 is 6.77. The average Bonchev–Trinajstić information content (AvgIpc) is 2.35. The molecule has 3 heteroatoms. The van der Waals surface area contributed by atoms with Crippen LogP contribution in [0.4, 0.5) is 0 Å². The Hall–Kier alpha value is -0.560. The third-order valence-corrected chi connectivity index (χ3v) is 4.24. The van der Waals surface area contributed by atoms with Crippen molar-refractivity contribution in [3.8, 4) is 11.8 Å². The zero-order valence-corrected chi connectivity index (χ0v) is 12.7. The first-order valence-corrected chi connectivity index (χ1v) is 6.93. The number of benzene rings is 1. The molecule has 0 heterocycles. The van der Waals surface area contributed by atoms with Gasteiger partial charge in [-0.05, 0) is 24.1 Å². The Bertz CT molecular complexity index is 427. The van der Waals surface area contributed by atoms with Gasteiger partial charge < -0.3 is 5.11 Å². The van der Waals surface area contributed by atoms with Crippen molar-refractivity contribution in [1.82, 2.24) is 0 Å². The quantitative estimate of drug-likeness (QED) is 0.641. The summed E-state index contributed by atoms with van der Waals surface area (Å²) in [5.74, 6) is 5.60. The van der Waals surface area contributed by atoms with Crippen LogP contribution in [0.5, 0.6) is 0 Å². The first kappa shape index (κ1) is 14.5. The van der Waals surface area contributed by atoms with E-state index in [0.29, 0.717) is 0 Å². The lowest BCUT2D eigenvalue weighted by molar-refractivity contribution is 0.221. The van der Waals surface area contributed by atoms with E-state index in [1.165, 1.54) is 0 Å². The number of halogens is 2. The molecule has 0 fully saturated rings. The van der Waals surface area contributed by atoms with E-state index in [0.717, 1.165) is 12.0 Å². The van der Waals surface area contributed by atoms with E-state index in [1.54, 1.807) is 6.08 Å². The van der Waals surface area contributed by atoms with Gasteiger partial charge in [0.05, 0.1) is 0 Å². The third-order valence-electron chi connectivity index (χ3n) is 2.25. The molecule has 0 saturated heterocycles. The van der Waals surface area contributed by atoms with Gasteiger partial charge in [0.15, 0.2) is 0 Å². The van der Waals surface area contributed by atoms with E-state index in [9.17, 15) is 5.11 Å². The van der Waals surface area contributed by atoms with E-state index in [-0.39, 0.29) is 0 Å². The van der Waals surface area contributed by atoms with Crippen LogP contribution in [0.25, 0.3) is 6.08 Å². The summed E-state index contributed by atoms with van der Waals surface area (Å²) in [6, 6.07) is 9.92. The molecule has 0 unspecified atom stereocenters. The van der Waals surface area contributed by atoms with Crippen molar-refractivity contribution in [2.45, 2.75) is 22.7 Å². The second kappa shape index (κ2) is 7.00. The molecule has 1 atom stereocenters. The highest BCUT2D eigenvalue weighted by Crippen LogP contribution is 2.33. The fraction of sp³-hybridized carbons (Fsp3) is 0.286. The fourth-order valence-electron chi connectivity index (χ4n) is 1.13. The van der Waals surface area contributed by atoms with E-state index in [1.807, 2.05) is 43.3 Å². The summed E-state index contributed by atoms with van der Waals surface area (Å²) in [6.45, 7) is 1.97. The predicted octanol–water partition coefficient (Wildman–Crippen LogP) is 3.96. The standard InChI is InChI=1S/C14H14Br2O/c1-2-14(15,16)13(17)11-7-6-10-12-8-4-3-5-9-12/h3-6,8-10,13,17H,2H2,1H3/t13-/m1/s1. The number of allylic oxidation sites excluding steroid dienone is 1. The molecule has 1 aromatic rings. The van der Waals surface area contributed by atoms with Crippen LogP contribution in [0, 0.1) is 11.8 Å². The van der Waals surface area contributed by atoms with Crippen LogP contribution < -0.4 is 0 Å². The minimum absolute atomic E-state index is 0.520. The number of aliphatic hydroxyl groups is 1. The molecule has 1 N–H and O–H groups in total. The van der Waals surface area contributed by atoms with Gasteiger partial charge in [0.1, 0.15) is 9.34 Å². The van der Waals surface area contributed by atoms with Gasteiger partial charge in [-0.3, -0.25) is 0 Å². The van der Waals surface area contributed by atoms with Gasteiger partial charge in [-0.1, -0.05) is 81.0 Å². The smallest absolute Gasteiger partial charge is 0.140 e. The number of hydrogen-bond acceptors (Lipinski definition) is 1. The Morgan fingerprint density at radius 3 is 2.59 bits per heavy atom. The van der Waals surface area contributed by atoms with Gasteiger partial charge in [-0.15, -0.1) is 0 Å². The van der Waals surface area contributed by atoms with Gasteiger partial charge >= 0.3 is 0 Å². The van der Waals surface area contributed by atoms with Crippen LogP contribution in [-0.2, 0) is 0 Å². The van der Waals surface area contributed by atoms with Gasteiger partial charge in [-0.2, -0.15) is 0 Å². The predicted molar refractivity (Wildman–Crippen MR) is 80.1 cm³/mol. The van der Waals surface area contributed by atoms with Crippen LogP contribution in [-0.4, -0.2) is 14.4 Å². The van der Waals surface area contributed by atoms with E-state index >= 15 is 0 Å². The Kier molecular flexibility index (Phi) is 5.97. The van der Waals surface area contributed by atoms with Crippen LogP contribution in [0.3, 0.4) is 0 Å². The van der Waals surface area contributed by atoms with Crippen LogP contribution in [0.2, 0.25) is 0 Å². The molecule has 0 radical (unpaired) electrons. The van der Waals surface area contributed by atoms with Gasteiger partial charge in [0.25, 0.3) is 0 Å². The lowest BCUT2D eigenvalue weighted by Crippen LogP contribution is -2.27. The zero-order chi connectivity index (χ0) is 12.7. The first-order valence-electron chi connectivity index (χ1n) is 5.35. The second-order valence-corrected chi connectivity index (χ2v) is 7.44. The molecule has 0 aliphatic carbocycles. The maximum Gasteiger partial charge on any atom is 0.140 e. The summed E-state index contributed by atoms with van der Waals surface area (Å²) in [5.41, 5.74) is 1.09. The van der Waals surface area contributed by atoms with Crippen molar-refractivity contribution >= 4 is 37.9 Å². The Morgan fingerprint density at radius 2 is 2.00 bits per heavy atom. The molecule has 17 heavy (non-hydrogen) atoms. The highest BCUT2D eigenvalue weighted by Gasteiger charge is 2.28. The first-order chi connectivity index (χ1) is 8.06. The van der Waals surface area contributed by atoms with E-state index < -0.39 is 9.34 Å². The minimum Gasteiger partial charge on any atom is -0.378 e. The van der Waals surface area contributed by atoms with Crippen molar-refractivity contribution in [2.75, 3.05) is 0 Å². The second-order valence-electron chi connectivity index (χ2n) is 3.55. The van der Waals surface area contributed by atoms with Crippen molar-refractivity contribution in [2.24, 2.45) is 0 Å². The number of alkyl halides is 2. The van der Waals surface area contributed by atoms with Crippen LogP contribution in [0.15, 0.2) is 36.4 Å². The number of rotatable bonds is 3. The van der Waals surface area contributed by atoms with E-state index in [4.69, 9.17) is 0 Å². The normalized spacial score (nSPS) is 13.2. The summed E-state index contributed by atoms with van der Waals surface area (Å²) < 4.78 is -0.520.